The lowest BCUT2D eigenvalue weighted by Crippen LogP contribution is -2.33. The first-order valence-electron chi connectivity index (χ1n) is 3.83. The molecule has 70 valence electrons. The van der Waals surface area contributed by atoms with Crippen molar-refractivity contribution in [1.82, 2.24) is 5.32 Å². The number of nitrogens with two attached hydrogens (primary N) is 2. The summed E-state index contributed by atoms with van der Waals surface area (Å²) in [5, 5.41) is 2.37. The van der Waals surface area contributed by atoms with E-state index in [9.17, 15) is 9.59 Å². The SMILES string of the molecule is CC(N)CCC(=O)NCC(N)=O. The number of nitrogens with one attached hydrogen (secondary N) is 1. The third-order valence-electron chi connectivity index (χ3n) is 1.29. The molecule has 0 bridgehead atoms. The number of carbonyl (C=O) groups is 2. The lowest BCUT2D eigenvalue weighted by Gasteiger charge is -2.04. The van der Waals surface area contributed by atoms with Crippen molar-refractivity contribution in [3.05, 3.63) is 0 Å². The second kappa shape index (κ2) is 5.54. The molecular formula is C7H15N3O2. The molecule has 0 heterocycles. The maximum atomic E-state index is 10.9. The van der Waals surface area contributed by atoms with Gasteiger partial charge in [0.1, 0.15) is 0 Å². The maximum absolute atomic E-state index is 10.9. The van der Waals surface area contributed by atoms with E-state index < -0.39 is 5.91 Å². The van der Waals surface area contributed by atoms with E-state index in [0.29, 0.717) is 12.8 Å². The molecule has 0 radical (unpaired) electrons. The minimum atomic E-state index is -0.538. The minimum absolute atomic E-state index is 0.00401. The Morgan fingerprint density at radius 3 is 2.50 bits per heavy atom. The number of hydrogen-bond donors (Lipinski definition) is 3. The third kappa shape index (κ3) is 7.01. The molecular weight excluding hydrogens is 158 g/mol. The van der Waals surface area contributed by atoms with Gasteiger partial charge in [-0.05, 0) is 13.3 Å². The van der Waals surface area contributed by atoms with E-state index >= 15 is 0 Å². The molecule has 0 spiro atoms. The molecule has 0 rings (SSSR count). The van der Waals surface area contributed by atoms with Crippen LogP contribution >= 0.6 is 0 Å². The third-order valence-corrected chi connectivity index (χ3v) is 1.29. The van der Waals surface area contributed by atoms with Gasteiger partial charge in [-0.25, -0.2) is 0 Å². The zero-order chi connectivity index (χ0) is 9.56. The number of rotatable bonds is 5. The van der Waals surface area contributed by atoms with Gasteiger partial charge in [-0.15, -0.1) is 0 Å². The smallest absolute Gasteiger partial charge is 0.236 e. The van der Waals surface area contributed by atoms with Crippen LogP contribution in [0.3, 0.4) is 0 Å². The van der Waals surface area contributed by atoms with Gasteiger partial charge in [-0.3, -0.25) is 9.59 Å². The molecule has 2 amide bonds. The second-order valence-corrected chi connectivity index (χ2v) is 2.76. The first kappa shape index (κ1) is 10.9. The molecule has 0 aliphatic carbocycles. The Labute approximate surface area is 71.5 Å². The van der Waals surface area contributed by atoms with Crippen LogP contribution in [-0.2, 0) is 9.59 Å². The van der Waals surface area contributed by atoms with Crippen LogP contribution in [-0.4, -0.2) is 24.4 Å². The molecule has 5 heteroatoms. The fraction of sp³-hybridized carbons (Fsp3) is 0.714. The van der Waals surface area contributed by atoms with Crippen LogP contribution < -0.4 is 16.8 Å². The van der Waals surface area contributed by atoms with E-state index in [1.807, 2.05) is 6.92 Å². The molecule has 5 nitrogen and oxygen atoms in total. The molecule has 12 heavy (non-hydrogen) atoms. The first-order chi connectivity index (χ1) is 5.52. The Hall–Kier alpha value is -1.10. The van der Waals surface area contributed by atoms with E-state index in [-0.39, 0.29) is 18.5 Å². The molecule has 0 saturated heterocycles. The summed E-state index contributed by atoms with van der Waals surface area (Å²) in [5.41, 5.74) is 10.2. The summed E-state index contributed by atoms with van der Waals surface area (Å²) in [6.07, 6.45) is 0.954. The van der Waals surface area contributed by atoms with Gasteiger partial charge in [0.25, 0.3) is 0 Å². The van der Waals surface area contributed by atoms with E-state index in [1.54, 1.807) is 0 Å². The summed E-state index contributed by atoms with van der Waals surface area (Å²) in [6, 6.07) is 0.00401. The van der Waals surface area contributed by atoms with Gasteiger partial charge in [0.05, 0.1) is 6.54 Å². The van der Waals surface area contributed by atoms with Crippen molar-refractivity contribution >= 4 is 11.8 Å². The average Bonchev–Trinajstić information content (AvgIpc) is 1.96. The molecule has 5 N–H and O–H groups in total. The Morgan fingerprint density at radius 2 is 2.08 bits per heavy atom. The Balaban J connectivity index is 3.40. The molecule has 1 unspecified atom stereocenters. The molecule has 0 aliphatic rings. The lowest BCUT2D eigenvalue weighted by molar-refractivity contribution is -0.124. The normalized spacial score (nSPS) is 12.2. The second-order valence-electron chi connectivity index (χ2n) is 2.76. The number of primary amides is 1. The molecule has 0 fully saturated rings. The minimum Gasteiger partial charge on any atom is -0.368 e. The molecule has 0 aliphatic heterocycles. The number of carbonyl (C=O) groups excluding carboxylic acids is 2. The lowest BCUT2D eigenvalue weighted by atomic mass is 10.2. The van der Waals surface area contributed by atoms with Gasteiger partial charge in [0.2, 0.25) is 11.8 Å². The zero-order valence-corrected chi connectivity index (χ0v) is 7.17. The largest absolute Gasteiger partial charge is 0.368 e. The summed E-state index contributed by atoms with van der Waals surface area (Å²) in [6.45, 7) is 1.72. The monoisotopic (exact) mass is 173 g/mol. The Kier molecular flexibility index (Phi) is 5.03. The van der Waals surface area contributed by atoms with Crippen LogP contribution in [0.25, 0.3) is 0 Å². The van der Waals surface area contributed by atoms with Crippen molar-refractivity contribution in [2.75, 3.05) is 6.54 Å². The molecule has 0 aromatic heterocycles. The average molecular weight is 173 g/mol. The van der Waals surface area contributed by atoms with Crippen LogP contribution in [0.2, 0.25) is 0 Å². The van der Waals surface area contributed by atoms with Gasteiger partial charge in [-0.1, -0.05) is 0 Å². The van der Waals surface area contributed by atoms with Crippen molar-refractivity contribution in [1.29, 1.82) is 0 Å². The van der Waals surface area contributed by atoms with E-state index in [2.05, 4.69) is 5.32 Å². The van der Waals surface area contributed by atoms with Crippen LogP contribution in [0.4, 0.5) is 0 Å². The predicted octanol–water partition coefficient (Wildman–Crippen LogP) is -1.28. The molecule has 0 saturated carbocycles. The molecule has 0 aromatic carbocycles. The highest BCUT2D eigenvalue weighted by Crippen LogP contribution is 1.91. The summed E-state index contributed by atoms with van der Waals surface area (Å²) < 4.78 is 0. The maximum Gasteiger partial charge on any atom is 0.236 e. The number of hydrogen-bond acceptors (Lipinski definition) is 3. The fourth-order valence-electron chi connectivity index (χ4n) is 0.633. The van der Waals surface area contributed by atoms with Gasteiger partial charge in [-0.2, -0.15) is 0 Å². The van der Waals surface area contributed by atoms with Crippen molar-refractivity contribution in [3.8, 4) is 0 Å². The zero-order valence-electron chi connectivity index (χ0n) is 7.17. The van der Waals surface area contributed by atoms with E-state index in [4.69, 9.17) is 11.5 Å². The highest BCUT2D eigenvalue weighted by atomic mass is 16.2. The highest BCUT2D eigenvalue weighted by Gasteiger charge is 2.03. The summed E-state index contributed by atoms with van der Waals surface area (Å²) in [5.74, 6) is -0.727. The summed E-state index contributed by atoms with van der Waals surface area (Å²) in [4.78, 5) is 21.1. The molecule has 1 atom stereocenters. The summed E-state index contributed by atoms with van der Waals surface area (Å²) in [7, 11) is 0. The van der Waals surface area contributed by atoms with Crippen molar-refractivity contribution in [3.63, 3.8) is 0 Å². The van der Waals surface area contributed by atoms with Crippen LogP contribution in [0, 0.1) is 0 Å². The van der Waals surface area contributed by atoms with Gasteiger partial charge < -0.3 is 16.8 Å². The van der Waals surface area contributed by atoms with Crippen LogP contribution in [0.15, 0.2) is 0 Å². The van der Waals surface area contributed by atoms with Crippen LogP contribution in [0.1, 0.15) is 19.8 Å². The standard InChI is InChI=1S/C7H15N3O2/c1-5(8)2-3-7(12)10-4-6(9)11/h5H,2-4,8H2,1H3,(H2,9,11)(H,10,12). The summed E-state index contributed by atoms with van der Waals surface area (Å²) >= 11 is 0. The quantitative estimate of drug-likeness (QED) is 0.482. The Bertz CT molecular complexity index is 168. The van der Waals surface area contributed by atoms with Gasteiger partial charge >= 0.3 is 0 Å². The van der Waals surface area contributed by atoms with E-state index in [1.165, 1.54) is 0 Å². The van der Waals surface area contributed by atoms with Crippen molar-refractivity contribution in [2.45, 2.75) is 25.8 Å². The highest BCUT2D eigenvalue weighted by molar-refractivity contribution is 5.83. The molecule has 0 aromatic rings. The van der Waals surface area contributed by atoms with Crippen LogP contribution in [0.5, 0.6) is 0 Å². The van der Waals surface area contributed by atoms with Gasteiger partial charge in [0.15, 0.2) is 0 Å². The topological polar surface area (TPSA) is 98.2 Å². The van der Waals surface area contributed by atoms with E-state index in [0.717, 1.165) is 0 Å². The van der Waals surface area contributed by atoms with Gasteiger partial charge in [0, 0.05) is 12.5 Å². The predicted molar refractivity (Wildman–Crippen MR) is 45.1 cm³/mol. The van der Waals surface area contributed by atoms with Crippen molar-refractivity contribution in [2.24, 2.45) is 11.5 Å². The fourth-order valence-corrected chi connectivity index (χ4v) is 0.633. The Morgan fingerprint density at radius 1 is 1.50 bits per heavy atom. The van der Waals surface area contributed by atoms with Crippen molar-refractivity contribution < 1.29 is 9.59 Å². The number of amides is 2. The first-order valence-corrected chi connectivity index (χ1v) is 3.83.